The Morgan fingerprint density at radius 3 is 2.48 bits per heavy atom. The van der Waals surface area contributed by atoms with Gasteiger partial charge in [0, 0.05) is 30.5 Å². The number of fused-ring (bicyclic) bond motifs is 1. The molecule has 0 bridgehead atoms. The van der Waals surface area contributed by atoms with Gasteiger partial charge in [0.05, 0.1) is 11.7 Å². The van der Waals surface area contributed by atoms with Gasteiger partial charge in [-0.2, -0.15) is 0 Å². The summed E-state index contributed by atoms with van der Waals surface area (Å²) in [7, 11) is 0. The van der Waals surface area contributed by atoms with Crippen LogP contribution in [0.5, 0.6) is 5.75 Å². The highest BCUT2D eigenvalue weighted by molar-refractivity contribution is 5.86. The van der Waals surface area contributed by atoms with Gasteiger partial charge in [-0.25, -0.2) is 4.79 Å². The largest absolute Gasteiger partial charge is 0.507 e. The van der Waals surface area contributed by atoms with Crippen LogP contribution in [-0.2, 0) is 13.0 Å². The molecular weight excluding hydrogens is 366 g/mol. The summed E-state index contributed by atoms with van der Waals surface area (Å²) in [4.78, 5) is 12.6. The van der Waals surface area contributed by atoms with E-state index in [9.17, 15) is 15.0 Å². The monoisotopic (exact) mass is 389 g/mol. The van der Waals surface area contributed by atoms with Crippen molar-refractivity contribution in [1.82, 2.24) is 5.32 Å². The Kier molecular flexibility index (Phi) is 7.02. The number of aliphatic hydroxyl groups excluding tert-OH is 1. The second kappa shape index (κ2) is 9.04. The van der Waals surface area contributed by atoms with E-state index in [0.29, 0.717) is 36.2 Å². The third-order valence-electron chi connectivity index (χ3n) is 4.50. The first-order chi connectivity index (χ1) is 12.5. The number of phenolic OH excluding ortho intramolecular Hbond substituents is 1. The van der Waals surface area contributed by atoms with Crippen LogP contribution in [0.3, 0.4) is 0 Å². The van der Waals surface area contributed by atoms with Crippen molar-refractivity contribution in [2.24, 2.45) is 0 Å². The fourth-order valence-electron chi connectivity index (χ4n) is 3.08. The Labute approximate surface area is 164 Å². The molecule has 0 aliphatic carbocycles. The molecule has 5 nitrogen and oxygen atoms in total. The zero-order valence-corrected chi connectivity index (χ0v) is 16.2. The number of halogens is 1. The Morgan fingerprint density at radius 2 is 1.81 bits per heavy atom. The van der Waals surface area contributed by atoms with Gasteiger partial charge in [-0.3, -0.25) is 0 Å². The quantitative estimate of drug-likeness (QED) is 0.563. The Morgan fingerprint density at radius 1 is 1.11 bits per heavy atom. The topological polar surface area (TPSA) is 82.7 Å². The van der Waals surface area contributed by atoms with Gasteiger partial charge in [-0.05, 0) is 37.1 Å². The van der Waals surface area contributed by atoms with E-state index >= 15 is 0 Å². The van der Waals surface area contributed by atoms with Crippen molar-refractivity contribution < 1.29 is 14.6 Å². The minimum atomic E-state index is -0.502. The van der Waals surface area contributed by atoms with E-state index in [4.69, 9.17) is 4.42 Å². The van der Waals surface area contributed by atoms with Crippen molar-refractivity contribution in [3.63, 3.8) is 0 Å². The molecular formula is C21H24ClNO4. The van der Waals surface area contributed by atoms with Gasteiger partial charge in [-0.1, -0.05) is 30.3 Å². The van der Waals surface area contributed by atoms with E-state index < -0.39 is 6.10 Å². The van der Waals surface area contributed by atoms with E-state index in [1.54, 1.807) is 19.1 Å². The lowest BCUT2D eigenvalue weighted by atomic mass is 9.98. The summed E-state index contributed by atoms with van der Waals surface area (Å²) < 4.78 is 5.60. The lowest BCUT2D eigenvalue weighted by molar-refractivity contribution is 0.191. The predicted octanol–water partition coefficient (Wildman–Crippen LogP) is 3.29. The van der Waals surface area contributed by atoms with Gasteiger partial charge in [0.1, 0.15) is 11.3 Å². The summed E-state index contributed by atoms with van der Waals surface area (Å²) in [6, 6.07) is 13.2. The summed E-state index contributed by atoms with van der Waals surface area (Å²) >= 11 is 0. The highest BCUT2D eigenvalue weighted by Gasteiger charge is 2.16. The van der Waals surface area contributed by atoms with Crippen molar-refractivity contribution in [2.45, 2.75) is 32.9 Å². The van der Waals surface area contributed by atoms with Gasteiger partial charge < -0.3 is 19.9 Å². The molecule has 3 aromatic rings. The molecule has 1 heterocycles. The van der Waals surface area contributed by atoms with E-state index in [1.807, 2.05) is 37.3 Å². The minimum Gasteiger partial charge on any atom is -0.507 e. The predicted molar refractivity (Wildman–Crippen MR) is 109 cm³/mol. The second-order valence-electron chi connectivity index (χ2n) is 6.58. The molecule has 0 radical (unpaired) electrons. The van der Waals surface area contributed by atoms with Gasteiger partial charge in [0.25, 0.3) is 0 Å². The zero-order valence-electron chi connectivity index (χ0n) is 15.4. The van der Waals surface area contributed by atoms with Crippen molar-refractivity contribution in [3.8, 4) is 5.75 Å². The molecule has 0 fully saturated rings. The van der Waals surface area contributed by atoms with Crippen LogP contribution in [0.4, 0.5) is 0 Å². The summed E-state index contributed by atoms with van der Waals surface area (Å²) in [5, 5.41) is 23.4. The first kappa shape index (κ1) is 21.0. The van der Waals surface area contributed by atoms with E-state index in [2.05, 4.69) is 5.32 Å². The lowest BCUT2D eigenvalue weighted by Gasteiger charge is -2.13. The maximum atomic E-state index is 12.6. The number of nitrogens with one attached hydrogen (secondary N) is 1. The summed E-state index contributed by atoms with van der Waals surface area (Å²) in [6.07, 6.45) is -0.000116. The normalized spacial score (nSPS) is 12.0. The fourth-order valence-corrected chi connectivity index (χ4v) is 3.08. The van der Waals surface area contributed by atoms with Gasteiger partial charge >= 0.3 is 5.63 Å². The molecule has 1 atom stereocenters. The Bertz CT molecular complexity index is 967. The number of aliphatic hydroxyl groups is 1. The number of aromatic hydroxyl groups is 1. The molecule has 0 aliphatic heterocycles. The average Bonchev–Trinajstić information content (AvgIpc) is 2.61. The number of hydrogen-bond donors (Lipinski definition) is 3. The molecule has 2 aromatic carbocycles. The van der Waals surface area contributed by atoms with E-state index in [0.717, 1.165) is 16.5 Å². The number of rotatable bonds is 6. The SMILES string of the molecule is Cc1c(Cc2ccccc2)c(=O)oc2c(CNC[C@@H](C)O)c(O)ccc12.Cl. The molecule has 144 valence electrons. The molecule has 0 saturated heterocycles. The third kappa shape index (κ3) is 4.69. The van der Waals surface area contributed by atoms with Gasteiger partial charge in [0.15, 0.2) is 0 Å². The number of aryl methyl sites for hydroxylation is 1. The smallest absolute Gasteiger partial charge is 0.340 e. The van der Waals surface area contributed by atoms with Crippen LogP contribution in [0.1, 0.15) is 29.2 Å². The molecule has 0 amide bonds. The van der Waals surface area contributed by atoms with Crippen molar-refractivity contribution >= 4 is 23.4 Å². The maximum absolute atomic E-state index is 12.6. The molecule has 3 N–H and O–H groups in total. The first-order valence-corrected chi connectivity index (χ1v) is 8.67. The number of hydrogen-bond acceptors (Lipinski definition) is 5. The van der Waals surface area contributed by atoms with E-state index in [-0.39, 0.29) is 23.8 Å². The van der Waals surface area contributed by atoms with Crippen LogP contribution in [-0.4, -0.2) is 22.9 Å². The van der Waals surface area contributed by atoms with Gasteiger partial charge in [0.2, 0.25) is 0 Å². The third-order valence-corrected chi connectivity index (χ3v) is 4.50. The van der Waals surface area contributed by atoms with Crippen LogP contribution in [0, 0.1) is 6.92 Å². The first-order valence-electron chi connectivity index (χ1n) is 8.67. The molecule has 0 spiro atoms. The van der Waals surface area contributed by atoms with Crippen molar-refractivity contribution in [1.29, 1.82) is 0 Å². The molecule has 0 aliphatic rings. The molecule has 0 saturated carbocycles. The van der Waals surface area contributed by atoms with Crippen LogP contribution in [0.2, 0.25) is 0 Å². The highest BCUT2D eigenvalue weighted by Crippen LogP contribution is 2.29. The lowest BCUT2D eigenvalue weighted by Crippen LogP contribution is -2.24. The molecule has 3 rings (SSSR count). The molecule has 0 unspecified atom stereocenters. The fraction of sp³-hybridized carbons (Fsp3) is 0.286. The summed E-state index contributed by atoms with van der Waals surface area (Å²) in [5.41, 5.74) is 3.05. The van der Waals surface area contributed by atoms with Crippen molar-refractivity contribution in [2.75, 3.05) is 6.54 Å². The van der Waals surface area contributed by atoms with Crippen LogP contribution in [0.15, 0.2) is 51.7 Å². The second-order valence-corrected chi connectivity index (χ2v) is 6.58. The minimum absolute atomic E-state index is 0. The number of benzene rings is 2. The molecule has 27 heavy (non-hydrogen) atoms. The summed E-state index contributed by atoms with van der Waals surface area (Å²) in [5.74, 6) is 0.0638. The molecule has 1 aromatic heterocycles. The summed E-state index contributed by atoms with van der Waals surface area (Å²) in [6.45, 7) is 4.26. The standard InChI is InChI=1S/C21H23NO4.ClH/c1-13(23)11-22-12-18-19(24)9-8-16-14(2)17(21(25)26-20(16)18)10-15-6-4-3-5-7-15;/h3-9,13,22-24H,10-12H2,1-2H3;1H/t13-;/m1./s1. The molecule has 6 heteroatoms. The van der Waals surface area contributed by atoms with E-state index in [1.165, 1.54) is 0 Å². The highest BCUT2D eigenvalue weighted by atomic mass is 35.5. The van der Waals surface area contributed by atoms with Crippen LogP contribution >= 0.6 is 12.4 Å². The van der Waals surface area contributed by atoms with Gasteiger partial charge in [-0.15, -0.1) is 12.4 Å². The Hall–Kier alpha value is -2.34. The number of phenols is 1. The average molecular weight is 390 g/mol. The Balaban J connectivity index is 0.00000261. The zero-order chi connectivity index (χ0) is 18.7. The maximum Gasteiger partial charge on any atom is 0.340 e. The van der Waals surface area contributed by atoms with Crippen LogP contribution in [0.25, 0.3) is 11.0 Å². The van der Waals surface area contributed by atoms with Crippen LogP contribution < -0.4 is 10.9 Å². The van der Waals surface area contributed by atoms with Crippen molar-refractivity contribution in [3.05, 3.63) is 75.1 Å².